The average molecular weight is 241 g/mol. The zero-order chi connectivity index (χ0) is 13.1. The Morgan fingerprint density at radius 1 is 1.29 bits per heavy atom. The first-order chi connectivity index (χ1) is 7.58. The van der Waals surface area contributed by atoms with E-state index in [-0.39, 0.29) is 5.41 Å². The highest BCUT2D eigenvalue weighted by Crippen LogP contribution is 2.59. The third kappa shape index (κ3) is 1.77. The number of carbonyl (C=O) groups excluding carboxylic acids is 1. The summed E-state index contributed by atoms with van der Waals surface area (Å²) in [5.41, 5.74) is -1.66. The van der Waals surface area contributed by atoms with Gasteiger partial charge < -0.3 is 9.84 Å². The van der Waals surface area contributed by atoms with E-state index in [2.05, 4.69) is 0 Å². The summed E-state index contributed by atoms with van der Waals surface area (Å²) < 4.78 is 5.26. The van der Waals surface area contributed by atoms with Crippen LogP contribution in [-0.4, -0.2) is 39.8 Å². The summed E-state index contributed by atoms with van der Waals surface area (Å²) in [6.07, 6.45) is 0.560. The van der Waals surface area contributed by atoms with E-state index in [1.807, 2.05) is 6.92 Å². The predicted octanol–water partition coefficient (Wildman–Crippen LogP) is 1.86. The lowest BCUT2D eigenvalue weighted by Gasteiger charge is -2.42. The lowest BCUT2D eigenvalue weighted by Crippen LogP contribution is -2.56. The molecule has 5 heteroatoms. The van der Waals surface area contributed by atoms with Gasteiger partial charge in [0.15, 0.2) is 0 Å². The van der Waals surface area contributed by atoms with Crippen LogP contribution in [0.5, 0.6) is 0 Å². The second-order valence-corrected chi connectivity index (χ2v) is 6.57. The Hall–Kier alpha value is -1.26. The van der Waals surface area contributed by atoms with Crippen LogP contribution in [0.4, 0.5) is 4.79 Å². The van der Waals surface area contributed by atoms with Crippen molar-refractivity contribution in [3.63, 3.8) is 0 Å². The highest BCUT2D eigenvalue weighted by Gasteiger charge is 2.69. The van der Waals surface area contributed by atoms with Crippen molar-refractivity contribution in [1.82, 2.24) is 4.90 Å². The predicted molar refractivity (Wildman–Crippen MR) is 60.6 cm³/mol. The van der Waals surface area contributed by atoms with Crippen LogP contribution < -0.4 is 0 Å². The van der Waals surface area contributed by atoms with Gasteiger partial charge in [-0.05, 0) is 39.0 Å². The van der Waals surface area contributed by atoms with Crippen LogP contribution in [0.1, 0.15) is 40.5 Å². The van der Waals surface area contributed by atoms with Gasteiger partial charge in [0.25, 0.3) is 0 Å². The number of ether oxygens (including phenoxy) is 1. The first kappa shape index (κ1) is 12.2. The SMILES string of the molecule is CC12CN(C(=O)OC(C)(C)C)C(C(=O)O)(C1)C2. The van der Waals surface area contributed by atoms with Crippen LogP contribution in [-0.2, 0) is 9.53 Å². The Morgan fingerprint density at radius 3 is 2.24 bits per heavy atom. The second-order valence-electron chi connectivity index (χ2n) is 6.57. The molecule has 1 saturated carbocycles. The number of carbonyl (C=O) groups is 2. The molecule has 2 aliphatic heterocycles. The number of carboxylic acid groups (broad SMARTS) is 1. The van der Waals surface area contributed by atoms with Gasteiger partial charge in [0, 0.05) is 6.54 Å². The maximum Gasteiger partial charge on any atom is 0.411 e. The molecule has 1 N–H and O–H groups in total. The minimum absolute atomic E-state index is 0.0463. The Labute approximate surface area is 101 Å². The molecule has 3 aliphatic rings. The summed E-state index contributed by atoms with van der Waals surface area (Å²) in [6.45, 7) is 7.83. The van der Waals surface area contributed by atoms with Crippen molar-refractivity contribution in [2.24, 2.45) is 5.41 Å². The maximum atomic E-state index is 12.0. The lowest BCUT2D eigenvalue weighted by atomic mass is 9.63. The molecule has 0 atom stereocenters. The standard InChI is InChI=1S/C12H19NO4/c1-10(2,3)17-9(16)13-7-11(4)5-12(13,6-11)8(14)15/h5-7H2,1-4H3,(H,14,15). The van der Waals surface area contributed by atoms with Crippen molar-refractivity contribution in [1.29, 1.82) is 0 Å². The van der Waals surface area contributed by atoms with Crippen LogP contribution in [0.25, 0.3) is 0 Å². The molecule has 2 saturated heterocycles. The Morgan fingerprint density at radius 2 is 1.82 bits per heavy atom. The summed E-state index contributed by atoms with van der Waals surface area (Å²) in [5, 5.41) is 9.29. The van der Waals surface area contributed by atoms with Gasteiger partial charge in [-0.1, -0.05) is 6.92 Å². The van der Waals surface area contributed by atoms with Crippen molar-refractivity contribution in [2.45, 2.75) is 51.7 Å². The van der Waals surface area contributed by atoms with Gasteiger partial charge in [-0.3, -0.25) is 4.90 Å². The highest BCUT2D eigenvalue weighted by molar-refractivity contribution is 5.87. The van der Waals surface area contributed by atoms with Crippen molar-refractivity contribution >= 4 is 12.1 Å². The van der Waals surface area contributed by atoms with Crippen molar-refractivity contribution < 1.29 is 19.4 Å². The molecule has 0 spiro atoms. The van der Waals surface area contributed by atoms with E-state index >= 15 is 0 Å². The summed E-state index contributed by atoms with van der Waals surface area (Å²) >= 11 is 0. The first-order valence-electron chi connectivity index (χ1n) is 5.82. The molecule has 17 heavy (non-hydrogen) atoms. The van der Waals surface area contributed by atoms with Crippen LogP contribution in [0.15, 0.2) is 0 Å². The molecule has 0 radical (unpaired) electrons. The van der Waals surface area contributed by atoms with Gasteiger partial charge in [-0.25, -0.2) is 9.59 Å². The van der Waals surface area contributed by atoms with Crippen LogP contribution >= 0.6 is 0 Å². The minimum Gasteiger partial charge on any atom is -0.479 e. The van der Waals surface area contributed by atoms with E-state index in [0.717, 1.165) is 0 Å². The molecule has 1 amide bonds. The molecule has 96 valence electrons. The quantitative estimate of drug-likeness (QED) is 0.761. The average Bonchev–Trinajstić information content (AvgIpc) is 2.50. The topological polar surface area (TPSA) is 66.8 Å². The molecule has 1 aliphatic carbocycles. The molecular weight excluding hydrogens is 222 g/mol. The second kappa shape index (κ2) is 3.15. The van der Waals surface area contributed by atoms with Crippen molar-refractivity contribution in [2.75, 3.05) is 6.54 Å². The number of hydrogen-bond acceptors (Lipinski definition) is 3. The summed E-state index contributed by atoms with van der Waals surface area (Å²) in [5.74, 6) is -0.918. The summed E-state index contributed by atoms with van der Waals surface area (Å²) in [4.78, 5) is 24.7. The van der Waals surface area contributed by atoms with E-state index in [4.69, 9.17) is 4.74 Å². The van der Waals surface area contributed by atoms with Crippen LogP contribution in [0.3, 0.4) is 0 Å². The number of aliphatic carboxylic acids is 1. The molecule has 0 unspecified atom stereocenters. The lowest BCUT2D eigenvalue weighted by molar-refractivity contribution is -0.154. The van der Waals surface area contributed by atoms with E-state index in [0.29, 0.717) is 19.4 Å². The number of rotatable bonds is 1. The van der Waals surface area contributed by atoms with Gasteiger partial charge >= 0.3 is 12.1 Å². The molecule has 0 aromatic heterocycles. The van der Waals surface area contributed by atoms with E-state index < -0.39 is 23.2 Å². The fourth-order valence-electron chi connectivity index (χ4n) is 3.02. The minimum atomic E-state index is -1.02. The largest absolute Gasteiger partial charge is 0.479 e. The summed E-state index contributed by atoms with van der Waals surface area (Å²) in [7, 11) is 0. The Kier molecular flexibility index (Phi) is 2.26. The van der Waals surface area contributed by atoms with Crippen molar-refractivity contribution in [3.05, 3.63) is 0 Å². The molecule has 0 aromatic carbocycles. The normalized spacial score (nSPS) is 35.4. The number of fused-ring (bicyclic) bond motifs is 1. The van der Waals surface area contributed by atoms with Gasteiger partial charge in [0.05, 0.1) is 0 Å². The number of carboxylic acids is 1. The molecule has 0 aromatic rings. The maximum absolute atomic E-state index is 12.0. The molecule has 2 bridgehead atoms. The van der Waals surface area contributed by atoms with Crippen LogP contribution in [0, 0.1) is 5.41 Å². The Bertz CT molecular complexity index is 376. The van der Waals surface area contributed by atoms with Gasteiger partial charge in [0.2, 0.25) is 0 Å². The highest BCUT2D eigenvalue weighted by atomic mass is 16.6. The third-order valence-corrected chi connectivity index (χ3v) is 3.51. The number of amides is 1. The molecule has 2 heterocycles. The summed E-state index contributed by atoms with van der Waals surface area (Å²) in [6, 6.07) is 0. The smallest absolute Gasteiger partial charge is 0.411 e. The van der Waals surface area contributed by atoms with Gasteiger partial charge in [-0.2, -0.15) is 0 Å². The molecule has 5 nitrogen and oxygen atoms in total. The zero-order valence-electron chi connectivity index (χ0n) is 10.7. The Balaban J connectivity index is 2.17. The van der Waals surface area contributed by atoms with Gasteiger partial charge in [-0.15, -0.1) is 0 Å². The third-order valence-electron chi connectivity index (χ3n) is 3.51. The number of hydrogen-bond donors (Lipinski definition) is 1. The van der Waals surface area contributed by atoms with E-state index in [1.54, 1.807) is 20.8 Å². The molecule has 3 fully saturated rings. The monoisotopic (exact) mass is 241 g/mol. The van der Waals surface area contributed by atoms with Crippen molar-refractivity contribution in [3.8, 4) is 0 Å². The zero-order valence-corrected chi connectivity index (χ0v) is 10.7. The van der Waals surface area contributed by atoms with E-state index in [1.165, 1.54) is 4.90 Å². The fourth-order valence-corrected chi connectivity index (χ4v) is 3.02. The van der Waals surface area contributed by atoms with E-state index in [9.17, 15) is 14.7 Å². The van der Waals surface area contributed by atoms with Crippen LogP contribution in [0.2, 0.25) is 0 Å². The van der Waals surface area contributed by atoms with Gasteiger partial charge in [0.1, 0.15) is 11.1 Å². The molecule has 3 rings (SSSR count). The molecular formula is C12H19NO4. The first-order valence-corrected chi connectivity index (χ1v) is 5.82. The fraction of sp³-hybridized carbons (Fsp3) is 0.833. The number of nitrogens with zero attached hydrogens (tertiary/aromatic N) is 1.